The van der Waals surface area contributed by atoms with Crippen LogP contribution in [-0.2, 0) is 14.6 Å². The highest BCUT2D eigenvalue weighted by atomic mass is 32.2. The highest BCUT2D eigenvalue weighted by Gasteiger charge is 2.30. The number of rotatable bonds is 5. The Kier molecular flexibility index (Phi) is 6.55. The molecule has 0 unspecified atom stereocenters. The molecule has 2 saturated heterocycles. The number of hydrogen-bond donors (Lipinski definition) is 0. The predicted molar refractivity (Wildman–Crippen MR) is 105 cm³/mol. The molecular weight excluding hydrogens is 364 g/mol. The van der Waals surface area contributed by atoms with E-state index < -0.39 is 15.1 Å². The number of benzene rings is 1. The molecule has 2 fully saturated rings. The van der Waals surface area contributed by atoms with Crippen LogP contribution < -0.4 is 0 Å². The van der Waals surface area contributed by atoms with Crippen molar-refractivity contribution in [2.24, 2.45) is 5.92 Å². The van der Waals surface area contributed by atoms with Gasteiger partial charge in [-0.2, -0.15) is 0 Å². The lowest BCUT2D eigenvalue weighted by atomic mass is 9.95. The Balaban J connectivity index is 1.65. The van der Waals surface area contributed by atoms with Gasteiger partial charge in [0.25, 0.3) is 5.91 Å². The van der Waals surface area contributed by atoms with Gasteiger partial charge in [0.2, 0.25) is 0 Å². The van der Waals surface area contributed by atoms with Gasteiger partial charge in [0.15, 0.2) is 9.84 Å². The van der Waals surface area contributed by atoms with Gasteiger partial charge in [-0.3, -0.25) is 9.69 Å². The maximum atomic E-state index is 13.0. The smallest absolute Gasteiger partial charge is 0.255 e. The molecule has 150 valence electrons. The molecule has 7 heteroatoms. The van der Waals surface area contributed by atoms with Crippen molar-refractivity contribution in [1.82, 2.24) is 9.80 Å². The second-order valence-electron chi connectivity index (χ2n) is 7.74. The van der Waals surface area contributed by atoms with Crippen LogP contribution in [0, 0.1) is 5.92 Å². The zero-order chi connectivity index (χ0) is 19.4. The van der Waals surface area contributed by atoms with Gasteiger partial charge in [-0.15, -0.1) is 0 Å². The van der Waals surface area contributed by atoms with E-state index in [4.69, 9.17) is 4.74 Å². The van der Waals surface area contributed by atoms with E-state index in [1.165, 1.54) is 0 Å². The van der Waals surface area contributed by atoms with Crippen molar-refractivity contribution < 1.29 is 17.9 Å². The fourth-order valence-electron chi connectivity index (χ4n) is 3.78. The van der Waals surface area contributed by atoms with Gasteiger partial charge >= 0.3 is 0 Å². The van der Waals surface area contributed by atoms with E-state index >= 15 is 0 Å². The number of piperidine rings is 1. The highest BCUT2D eigenvalue weighted by Crippen LogP contribution is 2.25. The summed E-state index contributed by atoms with van der Waals surface area (Å²) in [5.74, 6) is 0.418. The fourth-order valence-corrected chi connectivity index (χ4v) is 5.02. The molecule has 0 saturated carbocycles. The van der Waals surface area contributed by atoms with Crippen molar-refractivity contribution in [2.45, 2.75) is 36.8 Å². The van der Waals surface area contributed by atoms with Gasteiger partial charge in [0.1, 0.15) is 0 Å². The molecule has 1 amide bonds. The largest absolute Gasteiger partial charge is 0.379 e. The minimum Gasteiger partial charge on any atom is -0.379 e. The lowest BCUT2D eigenvalue weighted by Crippen LogP contribution is -2.44. The first-order chi connectivity index (χ1) is 12.9. The van der Waals surface area contributed by atoms with Crippen LogP contribution >= 0.6 is 0 Å². The molecule has 3 rings (SSSR count). The Hall–Kier alpha value is -1.44. The van der Waals surface area contributed by atoms with E-state index in [1.54, 1.807) is 38.1 Å². The molecule has 0 aliphatic carbocycles. The van der Waals surface area contributed by atoms with Gasteiger partial charge in [-0.1, -0.05) is 12.1 Å². The van der Waals surface area contributed by atoms with E-state index in [-0.39, 0.29) is 10.8 Å². The molecule has 0 radical (unpaired) electrons. The van der Waals surface area contributed by atoms with E-state index in [0.29, 0.717) is 24.6 Å². The minimum atomic E-state index is -3.49. The van der Waals surface area contributed by atoms with Crippen LogP contribution in [0.1, 0.15) is 37.0 Å². The molecule has 1 aromatic rings. The van der Waals surface area contributed by atoms with Crippen LogP contribution in [0.15, 0.2) is 29.2 Å². The number of sulfone groups is 1. The zero-order valence-corrected chi connectivity index (χ0v) is 17.1. The fraction of sp³-hybridized carbons (Fsp3) is 0.650. The minimum absolute atomic E-state index is 0.153. The number of hydrogen-bond acceptors (Lipinski definition) is 5. The molecule has 1 aromatic carbocycles. The molecule has 0 N–H and O–H groups in total. The molecule has 2 aliphatic heterocycles. The first-order valence-corrected chi connectivity index (χ1v) is 11.4. The van der Waals surface area contributed by atoms with Gasteiger partial charge < -0.3 is 9.64 Å². The number of carbonyl (C=O) groups excluding carboxylic acids is 1. The average Bonchev–Trinajstić information content (AvgIpc) is 2.69. The number of carbonyl (C=O) groups is 1. The summed E-state index contributed by atoms with van der Waals surface area (Å²) in [6.07, 6.45) is 1.92. The Morgan fingerprint density at radius 2 is 1.74 bits per heavy atom. The summed E-state index contributed by atoms with van der Waals surface area (Å²) in [5.41, 5.74) is 0.304. The first-order valence-electron chi connectivity index (χ1n) is 9.82. The Morgan fingerprint density at radius 1 is 1.11 bits per heavy atom. The number of likely N-dealkylation sites (tertiary alicyclic amines) is 1. The Bertz CT molecular complexity index is 749. The monoisotopic (exact) mass is 394 g/mol. The van der Waals surface area contributed by atoms with Crippen LogP contribution in [0.25, 0.3) is 0 Å². The summed E-state index contributed by atoms with van der Waals surface area (Å²) in [7, 11) is -3.49. The maximum absolute atomic E-state index is 13.0. The van der Waals surface area contributed by atoms with Gasteiger partial charge in [-0.25, -0.2) is 8.42 Å². The van der Waals surface area contributed by atoms with Crippen molar-refractivity contribution >= 4 is 15.7 Å². The molecule has 0 aromatic heterocycles. The van der Waals surface area contributed by atoms with Crippen molar-refractivity contribution in [3.8, 4) is 0 Å². The summed E-state index contributed by atoms with van der Waals surface area (Å²) in [5, 5.41) is -0.550. The maximum Gasteiger partial charge on any atom is 0.255 e. The van der Waals surface area contributed by atoms with Crippen LogP contribution in [0.3, 0.4) is 0 Å². The highest BCUT2D eigenvalue weighted by molar-refractivity contribution is 7.92. The molecule has 2 aliphatic rings. The summed E-state index contributed by atoms with van der Waals surface area (Å²) in [4.78, 5) is 17.4. The van der Waals surface area contributed by atoms with Crippen LogP contribution in [0.5, 0.6) is 0 Å². The third-order valence-corrected chi connectivity index (χ3v) is 7.78. The standard InChI is InChI=1S/C20H30N2O4S/c1-16(2)27(24,25)19-6-4-3-5-18(19)20(23)22-9-7-17(8-10-22)15-21-11-13-26-14-12-21/h3-6,16-17H,7-15H2,1-2H3. The van der Waals surface area contributed by atoms with Gasteiger partial charge in [-0.05, 0) is 44.7 Å². The lowest BCUT2D eigenvalue weighted by molar-refractivity contribution is 0.0242. The summed E-state index contributed by atoms with van der Waals surface area (Å²) in [6, 6.07) is 6.60. The Labute approximate surface area is 162 Å². The summed E-state index contributed by atoms with van der Waals surface area (Å²) >= 11 is 0. The normalized spacial score (nSPS) is 20.2. The topological polar surface area (TPSA) is 66.9 Å². The van der Waals surface area contributed by atoms with E-state index in [0.717, 1.165) is 45.7 Å². The summed E-state index contributed by atoms with van der Waals surface area (Å²) < 4.78 is 30.7. The van der Waals surface area contributed by atoms with Crippen molar-refractivity contribution in [1.29, 1.82) is 0 Å². The number of ether oxygens (including phenoxy) is 1. The number of amides is 1. The zero-order valence-electron chi connectivity index (χ0n) is 16.3. The Morgan fingerprint density at radius 3 is 2.37 bits per heavy atom. The van der Waals surface area contributed by atoms with Crippen molar-refractivity contribution in [3.05, 3.63) is 29.8 Å². The molecule has 0 atom stereocenters. The third-order valence-electron chi connectivity index (χ3n) is 5.57. The van der Waals surface area contributed by atoms with Crippen molar-refractivity contribution in [2.75, 3.05) is 45.9 Å². The lowest BCUT2D eigenvalue weighted by Gasteiger charge is -2.36. The second-order valence-corrected chi connectivity index (χ2v) is 10.2. The second kappa shape index (κ2) is 8.71. The first kappa shape index (κ1) is 20.3. The van der Waals surface area contributed by atoms with E-state index in [2.05, 4.69) is 4.90 Å². The molecule has 0 spiro atoms. The molecule has 2 heterocycles. The quantitative estimate of drug-likeness (QED) is 0.765. The number of morpholine rings is 1. The van der Waals surface area contributed by atoms with Crippen LogP contribution in [0.2, 0.25) is 0 Å². The molecule has 6 nitrogen and oxygen atoms in total. The number of nitrogens with zero attached hydrogens (tertiary/aromatic N) is 2. The van der Waals surface area contributed by atoms with E-state index in [9.17, 15) is 13.2 Å². The molecule has 27 heavy (non-hydrogen) atoms. The SMILES string of the molecule is CC(C)S(=O)(=O)c1ccccc1C(=O)N1CCC(CN2CCOCC2)CC1. The average molecular weight is 395 g/mol. The van der Waals surface area contributed by atoms with Crippen molar-refractivity contribution in [3.63, 3.8) is 0 Å². The predicted octanol–water partition coefficient (Wildman–Crippen LogP) is 2.05. The van der Waals surface area contributed by atoms with Gasteiger partial charge in [0.05, 0.1) is 28.9 Å². The third kappa shape index (κ3) is 4.70. The van der Waals surface area contributed by atoms with Gasteiger partial charge in [0, 0.05) is 32.7 Å². The molecule has 0 bridgehead atoms. The molecular formula is C20H30N2O4S. The summed E-state index contributed by atoms with van der Waals surface area (Å²) in [6.45, 7) is 9.30. The van der Waals surface area contributed by atoms with E-state index in [1.807, 2.05) is 4.90 Å². The van der Waals surface area contributed by atoms with Crippen LogP contribution in [0.4, 0.5) is 0 Å². The van der Waals surface area contributed by atoms with Crippen LogP contribution in [-0.4, -0.2) is 75.3 Å².